The number of piperidine rings is 1. The maximum atomic E-state index is 8.58. The van der Waals surface area contributed by atoms with Crippen LogP contribution in [0.15, 0.2) is 0 Å². The van der Waals surface area contributed by atoms with Crippen LogP contribution < -0.4 is 5.32 Å². The summed E-state index contributed by atoms with van der Waals surface area (Å²) in [6, 6.07) is 2.35. The lowest BCUT2D eigenvalue weighted by molar-refractivity contribution is 0.658. The Hall–Kier alpha value is -0.0700. The summed E-state index contributed by atoms with van der Waals surface area (Å²) in [7, 11) is 0. The van der Waals surface area contributed by atoms with Gasteiger partial charge in [-0.05, 0) is 18.9 Å². The second-order valence-electron chi connectivity index (χ2n) is 2.80. The van der Waals surface area contributed by atoms with Gasteiger partial charge in [0.2, 0.25) is 0 Å². The van der Waals surface area contributed by atoms with Crippen molar-refractivity contribution in [3.63, 3.8) is 0 Å². The monoisotopic (exact) mass is 188 g/mol. The fraction of sp³-hybridized carbons (Fsp3) is 0.833. The molecule has 2 fully saturated rings. The smallest absolute Gasteiger partial charge is 0.0742 e. The molecule has 1 saturated heterocycles. The molecule has 0 spiro atoms. The van der Waals surface area contributed by atoms with Crippen LogP contribution in [0.1, 0.15) is 6.42 Å². The lowest BCUT2D eigenvalue weighted by Crippen LogP contribution is -2.14. The number of halogens is 1. The van der Waals surface area contributed by atoms with E-state index in [1.165, 1.54) is 0 Å². The first-order valence-electron chi connectivity index (χ1n) is 2.99. The molecule has 1 saturated carbocycles. The van der Waals surface area contributed by atoms with Crippen LogP contribution in [-0.2, 0) is 0 Å². The van der Waals surface area contributed by atoms with Gasteiger partial charge in [0.15, 0.2) is 0 Å². The van der Waals surface area contributed by atoms with Gasteiger partial charge in [-0.15, -0.1) is 17.0 Å². The molecule has 2 atom stereocenters. The predicted octanol–water partition coefficient (Wildman–Crippen LogP) is 0.697. The Morgan fingerprint density at radius 2 is 2.44 bits per heavy atom. The van der Waals surface area contributed by atoms with Crippen LogP contribution in [0.3, 0.4) is 0 Å². The third kappa shape index (κ3) is 0.778. The van der Waals surface area contributed by atoms with Gasteiger partial charge < -0.3 is 5.32 Å². The summed E-state index contributed by atoms with van der Waals surface area (Å²) < 4.78 is 0. The molecule has 1 aliphatic heterocycles. The van der Waals surface area contributed by atoms with E-state index in [4.69, 9.17) is 5.26 Å². The second kappa shape index (κ2) is 1.96. The Bertz CT molecular complexity index is 163. The number of hydrogen-bond acceptors (Lipinski definition) is 2. The molecule has 0 bridgehead atoms. The van der Waals surface area contributed by atoms with Crippen molar-refractivity contribution in [1.29, 1.82) is 5.26 Å². The molecular weight excluding hydrogens is 180 g/mol. The molecule has 2 unspecified atom stereocenters. The first kappa shape index (κ1) is 7.04. The van der Waals surface area contributed by atoms with Gasteiger partial charge in [-0.25, -0.2) is 0 Å². The van der Waals surface area contributed by atoms with Crippen LogP contribution in [0.2, 0.25) is 0 Å². The standard InChI is InChI=1S/C6H8N2.BrH/c7-3-6-1-5(6)2-8-4-6;/h5,8H,1-2,4H2;1H. The van der Waals surface area contributed by atoms with Gasteiger partial charge >= 0.3 is 0 Å². The summed E-state index contributed by atoms with van der Waals surface area (Å²) in [6.07, 6.45) is 1.15. The first-order chi connectivity index (χ1) is 3.87. The van der Waals surface area contributed by atoms with Crippen LogP contribution in [0.4, 0.5) is 0 Å². The molecule has 1 aliphatic carbocycles. The van der Waals surface area contributed by atoms with Crippen LogP contribution in [0.25, 0.3) is 0 Å². The topological polar surface area (TPSA) is 35.8 Å². The summed E-state index contributed by atoms with van der Waals surface area (Å²) in [4.78, 5) is 0. The summed E-state index contributed by atoms with van der Waals surface area (Å²) >= 11 is 0. The molecule has 0 aromatic heterocycles. The molecule has 9 heavy (non-hydrogen) atoms. The molecule has 0 aromatic rings. The molecule has 0 amide bonds. The zero-order chi connectivity index (χ0) is 5.61. The molecule has 0 radical (unpaired) electrons. The number of nitrogens with zero attached hydrogens (tertiary/aromatic N) is 1. The van der Waals surface area contributed by atoms with E-state index in [0.717, 1.165) is 19.5 Å². The molecule has 0 aromatic carbocycles. The van der Waals surface area contributed by atoms with Crippen molar-refractivity contribution in [2.45, 2.75) is 6.42 Å². The molecule has 2 nitrogen and oxygen atoms in total. The number of hydrogen-bond donors (Lipinski definition) is 1. The van der Waals surface area contributed by atoms with Crippen LogP contribution in [-0.4, -0.2) is 13.1 Å². The fourth-order valence-electron chi connectivity index (χ4n) is 1.51. The minimum atomic E-state index is 0. The lowest BCUT2D eigenvalue weighted by Gasteiger charge is -1.94. The zero-order valence-corrected chi connectivity index (χ0v) is 6.77. The maximum Gasteiger partial charge on any atom is 0.0742 e. The third-order valence-corrected chi connectivity index (χ3v) is 2.29. The van der Waals surface area contributed by atoms with E-state index in [-0.39, 0.29) is 22.4 Å². The van der Waals surface area contributed by atoms with Gasteiger partial charge in [0.1, 0.15) is 0 Å². The highest BCUT2D eigenvalue weighted by atomic mass is 79.9. The van der Waals surface area contributed by atoms with E-state index < -0.39 is 0 Å². The van der Waals surface area contributed by atoms with E-state index >= 15 is 0 Å². The van der Waals surface area contributed by atoms with E-state index in [1.807, 2.05) is 0 Å². The summed E-state index contributed by atoms with van der Waals surface area (Å²) in [5.41, 5.74) is 0.0972. The SMILES string of the molecule is Br.N#CC12CNCC1C2. The minimum absolute atomic E-state index is 0. The van der Waals surface area contributed by atoms with Gasteiger partial charge in [0, 0.05) is 6.54 Å². The molecular formula is C6H9BrN2. The number of rotatable bonds is 0. The van der Waals surface area contributed by atoms with Crippen molar-refractivity contribution in [2.24, 2.45) is 11.3 Å². The van der Waals surface area contributed by atoms with Crippen molar-refractivity contribution in [3.8, 4) is 6.07 Å². The van der Waals surface area contributed by atoms with Crippen LogP contribution in [0, 0.1) is 22.7 Å². The summed E-state index contributed by atoms with van der Waals surface area (Å²) in [6.45, 7) is 2.02. The van der Waals surface area contributed by atoms with Crippen LogP contribution in [0.5, 0.6) is 0 Å². The Kier molecular flexibility index (Phi) is 1.54. The maximum absolute atomic E-state index is 8.58. The second-order valence-corrected chi connectivity index (χ2v) is 2.80. The van der Waals surface area contributed by atoms with Crippen LogP contribution >= 0.6 is 17.0 Å². The Labute approximate surface area is 65.0 Å². The largest absolute Gasteiger partial charge is 0.315 e. The molecule has 1 heterocycles. The predicted molar refractivity (Wildman–Crippen MR) is 39.3 cm³/mol. The van der Waals surface area contributed by atoms with Gasteiger partial charge in [-0.1, -0.05) is 0 Å². The van der Waals surface area contributed by atoms with Crippen molar-refractivity contribution in [1.82, 2.24) is 5.32 Å². The van der Waals surface area contributed by atoms with E-state index in [2.05, 4.69) is 11.4 Å². The van der Waals surface area contributed by atoms with Gasteiger partial charge in [-0.2, -0.15) is 5.26 Å². The van der Waals surface area contributed by atoms with E-state index in [0.29, 0.717) is 5.92 Å². The Morgan fingerprint density at radius 1 is 1.67 bits per heavy atom. The van der Waals surface area contributed by atoms with Crippen molar-refractivity contribution in [3.05, 3.63) is 0 Å². The van der Waals surface area contributed by atoms with Crippen molar-refractivity contribution >= 4 is 17.0 Å². The number of fused-ring (bicyclic) bond motifs is 1. The van der Waals surface area contributed by atoms with Crippen molar-refractivity contribution < 1.29 is 0 Å². The first-order valence-corrected chi connectivity index (χ1v) is 2.99. The minimum Gasteiger partial charge on any atom is -0.315 e. The van der Waals surface area contributed by atoms with E-state index in [1.54, 1.807) is 0 Å². The average molecular weight is 189 g/mol. The average Bonchev–Trinajstić information content (AvgIpc) is 2.38. The van der Waals surface area contributed by atoms with Gasteiger partial charge in [0.05, 0.1) is 11.5 Å². The molecule has 2 rings (SSSR count). The lowest BCUT2D eigenvalue weighted by atomic mass is 10.1. The normalized spacial score (nSPS) is 44.6. The molecule has 3 heteroatoms. The highest BCUT2D eigenvalue weighted by Crippen LogP contribution is 2.54. The number of nitriles is 1. The highest BCUT2D eigenvalue weighted by Gasteiger charge is 2.57. The van der Waals surface area contributed by atoms with E-state index in [9.17, 15) is 0 Å². The highest BCUT2D eigenvalue weighted by molar-refractivity contribution is 8.93. The third-order valence-electron chi connectivity index (χ3n) is 2.29. The summed E-state index contributed by atoms with van der Waals surface area (Å²) in [5, 5.41) is 11.8. The molecule has 1 N–H and O–H groups in total. The molecule has 50 valence electrons. The Morgan fingerprint density at radius 3 is 2.67 bits per heavy atom. The van der Waals surface area contributed by atoms with Gasteiger partial charge in [0.25, 0.3) is 0 Å². The van der Waals surface area contributed by atoms with Gasteiger partial charge in [-0.3, -0.25) is 0 Å². The molecule has 2 aliphatic rings. The Balaban J connectivity index is 0.000000405. The van der Waals surface area contributed by atoms with Crippen molar-refractivity contribution in [2.75, 3.05) is 13.1 Å². The zero-order valence-electron chi connectivity index (χ0n) is 5.05. The number of nitrogens with one attached hydrogen (secondary N) is 1. The fourth-order valence-corrected chi connectivity index (χ4v) is 1.51. The quantitative estimate of drug-likeness (QED) is 0.608. The summed E-state index contributed by atoms with van der Waals surface area (Å²) in [5.74, 6) is 0.701.